The van der Waals surface area contributed by atoms with Crippen LogP contribution in [0.25, 0.3) is 0 Å². The third-order valence-corrected chi connectivity index (χ3v) is 5.05. The number of nitrogens with zero attached hydrogens (tertiary/aromatic N) is 2. The fourth-order valence-corrected chi connectivity index (χ4v) is 3.97. The topological polar surface area (TPSA) is 42.0 Å². The molecule has 3 aliphatic rings. The summed E-state index contributed by atoms with van der Waals surface area (Å²) in [5.74, 6) is 2.51. The van der Waals surface area contributed by atoms with Crippen LogP contribution < -0.4 is 0 Å². The van der Waals surface area contributed by atoms with Crippen molar-refractivity contribution in [1.29, 1.82) is 0 Å². The van der Waals surface area contributed by atoms with Crippen LogP contribution in [0.15, 0.2) is 12.3 Å². The van der Waals surface area contributed by atoms with Gasteiger partial charge >= 0.3 is 6.09 Å². The van der Waals surface area contributed by atoms with Crippen LogP contribution in [0.3, 0.4) is 0 Å². The smallest absolute Gasteiger partial charge is 0.429 e. The number of carbonyl (C=O) groups is 1. The maximum atomic E-state index is 12.1. The predicted molar refractivity (Wildman–Crippen MR) is 83.7 cm³/mol. The zero-order chi connectivity index (χ0) is 15.9. The lowest BCUT2D eigenvalue weighted by atomic mass is 9.89. The molecule has 2 bridgehead atoms. The Bertz CT molecular complexity index is 457. The van der Waals surface area contributed by atoms with Crippen LogP contribution in [0.5, 0.6) is 0 Å². The summed E-state index contributed by atoms with van der Waals surface area (Å²) in [6.45, 7) is 6.40. The molecule has 5 nitrogen and oxygen atoms in total. The molecule has 0 aromatic carbocycles. The average Bonchev–Trinajstić information content (AvgIpc) is 3.09. The van der Waals surface area contributed by atoms with E-state index in [1.807, 2.05) is 33.9 Å². The van der Waals surface area contributed by atoms with Gasteiger partial charge in [0.05, 0.1) is 6.61 Å². The third-order valence-electron chi connectivity index (χ3n) is 5.05. The van der Waals surface area contributed by atoms with Crippen LogP contribution in [0.2, 0.25) is 0 Å². The van der Waals surface area contributed by atoms with Gasteiger partial charge in [0.1, 0.15) is 11.8 Å². The van der Waals surface area contributed by atoms with Crippen molar-refractivity contribution in [1.82, 2.24) is 10.0 Å². The predicted octanol–water partition coefficient (Wildman–Crippen LogP) is 3.38. The molecule has 4 atom stereocenters. The zero-order valence-corrected chi connectivity index (χ0v) is 14.1. The molecular weight excluding hydrogens is 280 g/mol. The fourth-order valence-electron chi connectivity index (χ4n) is 3.97. The summed E-state index contributed by atoms with van der Waals surface area (Å²) >= 11 is 0. The van der Waals surface area contributed by atoms with Gasteiger partial charge in [-0.25, -0.2) is 9.80 Å². The molecular formula is C17H28N2O3. The Kier molecular flexibility index (Phi) is 4.21. The minimum atomic E-state index is -0.492. The van der Waals surface area contributed by atoms with E-state index in [1.165, 1.54) is 30.7 Å². The Morgan fingerprint density at radius 1 is 1.27 bits per heavy atom. The second kappa shape index (κ2) is 5.85. The van der Waals surface area contributed by atoms with Gasteiger partial charge in [-0.1, -0.05) is 6.42 Å². The molecule has 0 N–H and O–H groups in total. The van der Waals surface area contributed by atoms with Gasteiger partial charge in [0.25, 0.3) is 0 Å². The van der Waals surface area contributed by atoms with Crippen molar-refractivity contribution in [2.24, 2.45) is 17.8 Å². The lowest BCUT2D eigenvalue weighted by Crippen LogP contribution is -2.45. The van der Waals surface area contributed by atoms with Crippen LogP contribution in [-0.2, 0) is 9.47 Å². The molecule has 0 aromatic rings. The third kappa shape index (κ3) is 3.30. The van der Waals surface area contributed by atoms with E-state index in [0.717, 1.165) is 18.4 Å². The van der Waals surface area contributed by atoms with E-state index in [4.69, 9.17) is 9.47 Å². The number of carbonyl (C=O) groups excluding carboxylic acids is 1. The Labute approximate surface area is 133 Å². The van der Waals surface area contributed by atoms with Crippen LogP contribution >= 0.6 is 0 Å². The fraction of sp³-hybridized carbons (Fsp3) is 0.824. The molecule has 1 aliphatic heterocycles. The number of amides is 1. The van der Waals surface area contributed by atoms with E-state index in [2.05, 4.69) is 0 Å². The van der Waals surface area contributed by atoms with Crippen molar-refractivity contribution in [3.05, 3.63) is 12.3 Å². The number of hydrogen-bond acceptors (Lipinski definition) is 4. The van der Waals surface area contributed by atoms with Crippen molar-refractivity contribution in [3.63, 3.8) is 0 Å². The summed E-state index contributed by atoms with van der Waals surface area (Å²) in [6, 6.07) is 0. The van der Waals surface area contributed by atoms with Gasteiger partial charge in [0.2, 0.25) is 0 Å². The molecule has 0 spiro atoms. The van der Waals surface area contributed by atoms with E-state index in [9.17, 15) is 4.79 Å². The summed E-state index contributed by atoms with van der Waals surface area (Å²) in [6.07, 6.45) is 8.62. The largest absolute Gasteiger partial charge is 0.442 e. The molecule has 0 saturated heterocycles. The highest BCUT2D eigenvalue weighted by Gasteiger charge is 2.40. The van der Waals surface area contributed by atoms with Gasteiger partial charge in [-0.3, -0.25) is 0 Å². The minimum absolute atomic E-state index is 0.174. The number of rotatable bonds is 3. The highest BCUT2D eigenvalue weighted by Crippen LogP contribution is 2.48. The maximum Gasteiger partial charge on any atom is 0.429 e. The van der Waals surface area contributed by atoms with Crippen LogP contribution in [0, 0.1) is 17.8 Å². The van der Waals surface area contributed by atoms with E-state index in [1.54, 1.807) is 11.2 Å². The minimum Gasteiger partial charge on any atom is -0.442 e. The number of hydrogen-bond donors (Lipinski definition) is 0. The molecule has 3 rings (SSSR count). The normalized spacial score (nSPS) is 34.6. The summed E-state index contributed by atoms with van der Waals surface area (Å²) in [5.41, 5.74) is -0.492. The lowest BCUT2D eigenvalue weighted by Gasteiger charge is -2.31. The van der Waals surface area contributed by atoms with E-state index in [-0.39, 0.29) is 12.3 Å². The number of likely N-dealkylation sites (N-methyl/N-ethyl adjacent to an activating group) is 1. The summed E-state index contributed by atoms with van der Waals surface area (Å²) in [5, 5.41) is 3.28. The van der Waals surface area contributed by atoms with Gasteiger partial charge in [0, 0.05) is 13.2 Å². The number of fused-ring (bicyclic) bond motifs is 2. The first kappa shape index (κ1) is 15.8. The Morgan fingerprint density at radius 3 is 2.64 bits per heavy atom. The molecule has 0 radical (unpaired) electrons. The Balaban J connectivity index is 1.48. The first-order valence-electron chi connectivity index (χ1n) is 8.38. The van der Waals surface area contributed by atoms with E-state index in [0.29, 0.717) is 5.92 Å². The molecule has 1 heterocycles. The Hall–Kier alpha value is -1.07. The second-order valence-corrected chi connectivity index (χ2v) is 7.90. The van der Waals surface area contributed by atoms with E-state index < -0.39 is 5.60 Å². The van der Waals surface area contributed by atoms with Crippen molar-refractivity contribution in [2.75, 3.05) is 13.7 Å². The zero-order valence-electron chi connectivity index (χ0n) is 14.1. The number of hydrazine groups is 1. The summed E-state index contributed by atoms with van der Waals surface area (Å²) in [7, 11) is 1.86. The van der Waals surface area contributed by atoms with Gasteiger partial charge in [-0.05, 0) is 63.9 Å². The molecule has 5 heteroatoms. The first-order valence-corrected chi connectivity index (χ1v) is 8.38. The van der Waals surface area contributed by atoms with Crippen LogP contribution in [0.1, 0.15) is 46.5 Å². The standard InChI is InChI=1S/C17H28N2O3/c1-17(2,3)22-16(20)19-8-7-15(18(19)4)21-11-14-10-12-5-6-13(14)9-12/h7-8,12-15H,5-6,9-11H2,1-4H3/t12-,13+,14?,15?/m1/s1. The summed E-state index contributed by atoms with van der Waals surface area (Å²) in [4.78, 5) is 12.1. The van der Waals surface area contributed by atoms with Crippen LogP contribution in [-0.4, -0.2) is 41.6 Å². The van der Waals surface area contributed by atoms with Crippen molar-refractivity contribution in [2.45, 2.75) is 58.3 Å². The molecule has 1 amide bonds. The molecule has 124 valence electrons. The van der Waals surface area contributed by atoms with Gasteiger partial charge in [-0.15, -0.1) is 0 Å². The highest BCUT2D eigenvalue weighted by molar-refractivity contribution is 5.69. The van der Waals surface area contributed by atoms with Gasteiger partial charge in [-0.2, -0.15) is 5.01 Å². The van der Waals surface area contributed by atoms with Gasteiger partial charge < -0.3 is 9.47 Å². The molecule has 2 unspecified atom stereocenters. The van der Waals surface area contributed by atoms with Crippen molar-refractivity contribution in [3.8, 4) is 0 Å². The number of ether oxygens (including phenoxy) is 2. The highest BCUT2D eigenvalue weighted by atomic mass is 16.6. The first-order chi connectivity index (χ1) is 10.3. The monoisotopic (exact) mass is 308 g/mol. The molecule has 22 heavy (non-hydrogen) atoms. The van der Waals surface area contributed by atoms with E-state index >= 15 is 0 Å². The molecule has 2 aliphatic carbocycles. The quantitative estimate of drug-likeness (QED) is 0.801. The molecule has 0 aromatic heterocycles. The second-order valence-electron chi connectivity index (χ2n) is 7.90. The Morgan fingerprint density at radius 2 is 2.05 bits per heavy atom. The molecule has 2 fully saturated rings. The van der Waals surface area contributed by atoms with Crippen LogP contribution in [0.4, 0.5) is 4.79 Å². The molecule has 2 saturated carbocycles. The lowest BCUT2D eigenvalue weighted by molar-refractivity contribution is -0.0996. The SMILES string of the molecule is CN1C(OCC2C[C@@H]3CC[C@H]2C3)C=CN1C(=O)OC(C)(C)C. The maximum absolute atomic E-state index is 12.1. The van der Waals surface area contributed by atoms with Gasteiger partial charge in [0.15, 0.2) is 0 Å². The average molecular weight is 308 g/mol. The van der Waals surface area contributed by atoms with Crippen molar-refractivity contribution >= 4 is 6.09 Å². The van der Waals surface area contributed by atoms with Crippen molar-refractivity contribution < 1.29 is 14.3 Å². The summed E-state index contributed by atoms with van der Waals surface area (Å²) < 4.78 is 11.4.